The number of rotatable bonds is 8. The Hall–Kier alpha value is -3.30. The van der Waals surface area contributed by atoms with Crippen LogP contribution >= 0.6 is 0 Å². The summed E-state index contributed by atoms with van der Waals surface area (Å²) < 4.78 is 45.0. The van der Waals surface area contributed by atoms with Crippen LogP contribution in [0.2, 0.25) is 0 Å². The van der Waals surface area contributed by atoms with E-state index in [4.69, 9.17) is 4.74 Å². The number of carbonyl (C=O) groups excluding carboxylic acids is 2. The first-order valence-electron chi connectivity index (χ1n) is 9.03. The van der Waals surface area contributed by atoms with Crippen LogP contribution in [-0.2, 0) is 24.3 Å². The second-order valence-corrected chi connectivity index (χ2v) is 8.14. The van der Waals surface area contributed by atoms with E-state index >= 15 is 0 Å². The van der Waals surface area contributed by atoms with Crippen LogP contribution in [-0.4, -0.2) is 33.4 Å². The highest BCUT2D eigenvalue weighted by molar-refractivity contribution is 7.89. The highest BCUT2D eigenvalue weighted by atomic mass is 32.2. The van der Waals surface area contributed by atoms with Crippen molar-refractivity contribution in [1.29, 1.82) is 0 Å². The monoisotopic (exact) mass is 430 g/mol. The van der Waals surface area contributed by atoms with E-state index in [-0.39, 0.29) is 23.5 Å². The molecule has 0 fully saturated rings. The molecule has 0 atom stereocenters. The van der Waals surface area contributed by atoms with Crippen LogP contribution in [0.5, 0.6) is 0 Å². The molecule has 0 unspecified atom stereocenters. The molecule has 0 heterocycles. The fourth-order valence-corrected chi connectivity index (χ4v) is 3.75. The Morgan fingerprint density at radius 2 is 1.70 bits per heavy atom. The molecule has 0 bridgehead atoms. The third-order valence-corrected chi connectivity index (χ3v) is 5.58. The number of sulfonamides is 1. The molecular weight excluding hydrogens is 411 g/mol. The standard InChI is InChI=1S/C21H19FN2O5S/c22-17-6-3-7-18(13-17)24-20(25)14-29-21(26)10-11-23-30(27,28)19-9-8-15-4-1-2-5-16(15)12-19/h1-9,12-13,23H,10-11,14H2,(H,24,25). The van der Waals surface area contributed by atoms with Gasteiger partial charge in [-0.05, 0) is 41.1 Å². The van der Waals surface area contributed by atoms with Crippen LogP contribution in [0, 0.1) is 5.82 Å². The Kier molecular flexibility index (Phi) is 6.76. The number of esters is 1. The van der Waals surface area contributed by atoms with Gasteiger partial charge in [0.1, 0.15) is 5.82 Å². The van der Waals surface area contributed by atoms with Crippen LogP contribution in [0.25, 0.3) is 10.8 Å². The Balaban J connectivity index is 1.45. The lowest BCUT2D eigenvalue weighted by Crippen LogP contribution is -2.28. The summed E-state index contributed by atoms with van der Waals surface area (Å²) in [6, 6.07) is 17.4. The van der Waals surface area contributed by atoms with Gasteiger partial charge in [0.25, 0.3) is 5.91 Å². The van der Waals surface area contributed by atoms with Gasteiger partial charge in [0.15, 0.2) is 6.61 Å². The van der Waals surface area contributed by atoms with E-state index in [1.807, 2.05) is 18.2 Å². The molecule has 3 aromatic rings. The van der Waals surface area contributed by atoms with E-state index < -0.39 is 34.3 Å². The maximum absolute atomic E-state index is 13.1. The summed E-state index contributed by atoms with van der Waals surface area (Å²) >= 11 is 0. The predicted octanol–water partition coefficient (Wildman–Crippen LogP) is 2.83. The molecule has 1 amide bonds. The Labute approximate surface area is 172 Å². The first kappa shape index (κ1) is 21.4. The summed E-state index contributed by atoms with van der Waals surface area (Å²) in [6.45, 7) is -0.744. The van der Waals surface area contributed by atoms with Crippen molar-refractivity contribution < 1.29 is 27.1 Å². The minimum atomic E-state index is -3.80. The van der Waals surface area contributed by atoms with E-state index in [1.165, 1.54) is 24.3 Å². The van der Waals surface area contributed by atoms with Crippen LogP contribution in [0.4, 0.5) is 10.1 Å². The van der Waals surface area contributed by atoms with Crippen molar-refractivity contribution in [2.45, 2.75) is 11.3 Å². The first-order chi connectivity index (χ1) is 14.3. The smallest absolute Gasteiger partial charge is 0.307 e. The number of hydrogen-bond acceptors (Lipinski definition) is 5. The van der Waals surface area contributed by atoms with Gasteiger partial charge in [0.05, 0.1) is 11.3 Å². The van der Waals surface area contributed by atoms with Gasteiger partial charge in [0.2, 0.25) is 10.0 Å². The quantitative estimate of drug-likeness (QED) is 0.535. The van der Waals surface area contributed by atoms with E-state index in [0.717, 1.165) is 16.8 Å². The van der Waals surface area contributed by atoms with E-state index in [1.54, 1.807) is 18.2 Å². The largest absolute Gasteiger partial charge is 0.456 e. The fourth-order valence-electron chi connectivity index (χ4n) is 2.69. The number of hydrogen-bond donors (Lipinski definition) is 2. The molecular formula is C21H19FN2O5S. The van der Waals surface area contributed by atoms with Gasteiger partial charge in [-0.25, -0.2) is 17.5 Å². The van der Waals surface area contributed by atoms with Gasteiger partial charge in [-0.2, -0.15) is 0 Å². The number of benzene rings is 3. The normalized spacial score (nSPS) is 11.2. The van der Waals surface area contributed by atoms with Crippen molar-refractivity contribution in [2.24, 2.45) is 0 Å². The maximum atomic E-state index is 13.1. The minimum absolute atomic E-state index is 0.0871. The average molecular weight is 430 g/mol. The van der Waals surface area contributed by atoms with Crippen molar-refractivity contribution in [3.05, 3.63) is 72.5 Å². The van der Waals surface area contributed by atoms with Crippen molar-refractivity contribution in [3.8, 4) is 0 Å². The van der Waals surface area contributed by atoms with Gasteiger partial charge in [-0.3, -0.25) is 9.59 Å². The average Bonchev–Trinajstić information content (AvgIpc) is 2.72. The second-order valence-electron chi connectivity index (χ2n) is 6.38. The zero-order chi connectivity index (χ0) is 21.6. The molecule has 0 radical (unpaired) electrons. The molecule has 156 valence electrons. The van der Waals surface area contributed by atoms with Gasteiger partial charge in [-0.15, -0.1) is 0 Å². The van der Waals surface area contributed by atoms with Crippen LogP contribution in [0.1, 0.15) is 6.42 Å². The van der Waals surface area contributed by atoms with Crippen LogP contribution < -0.4 is 10.0 Å². The van der Waals surface area contributed by atoms with E-state index in [0.29, 0.717) is 0 Å². The van der Waals surface area contributed by atoms with Crippen molar-refractivity contribution in [1.82, 2.24) is 4.72 Å². The number of amides is 1. The lowest BCUT2D eigenvalue weighted by atomic mass is 10.1. The Bertz CT molecular complexity index is 1180. The molecule has 3 aromatic carbocycles. The number of carbonyl (C=O) groups is 2. The van der Waals surface area contributed by atoms with Gasteiger partial charge in [-0.1, -0.05) is 36.4 Å². The number of halogens is 1. The third-order valence-electron chi connectivity index (χ3n) is 4.13. The second kappa shape index (κ2) is 9.47. The Morgan fingerprint density at radius 3 is 2.47 bits per heavy atom. The van der Waals surface area contributed by atoms with Gasteiger partial charge >= 0.3 is 5.97 Å². The molecule has 0 aliphatic carbocycles. The molecule has 9 heteroatoms. The molecule has 0 aliphatic heterocycles. The summed E-state index contributed by atoms with van der Waals surface area (Å²) in [5.74, 6) is -1.89. The topological polar surface area (TPSA) is 102 Å². The number of ether oxygens (including phenoxy) is 1. The molecule has 3 rings (SSSR count). The SMILES string of the molecule is O=C(COC(=O)CCNS(=O)(=O)c1ccc2ccccc2c1)Nc1cccc(F)c1. The zero-order valence-corrected chi connectivity index (χ0v) is 16.6. The maximum Gasteiger partial charge on any atom is 0.307 e. The minimum Gasteiger partial charge on any atom is -0.456 e. The fraction of sp³-hybridized carbons (Fsp3) is 0.143. The molecule has 0 saturated heterocycles. The molecule has 0 aromatic heterocycles. The van der Waals surface area contributed by atoms with Crippen molar-refractivity contribution in [3.63, 3.8) is 0 Å². The zero-order valence-electron chi connectivity index (χ0n) is 15.8. The summed E-state index contributed by atoms with van der Waals surface area (Å²) in [4.78, 5) is 23.6. The van der Waals surface area contributed by atoms with Gasteiger partial charge < -0.3 is 10.1 Å². The summed E-state index contributed by atoms with van der Waals surface area (Å²) in [5.41, 5.74) is 0.235. The number of anilines is 1. The van der Waals surface area contributed by atoms with Crippen LogP contribution in [0.15, 0.2) is 71.6 Å². The van der Waals surface area contributed by atoms with Gasteiger partial charge in [0, 0.05) is 12.2 Å². The molecule has 0 saturated carbocycles. The molecule has 2 N–H and O–H groups in total. The van der Waals surface area contributed by atoms with Crippen molar-refractivity contribution in [2.75, 3.05) is 18.5 Å². The summed E-state index contributed by atoms with van der Waals surface area (Å²) in [5, 5.41) is 4.08. The molecule has 30 heavy (non-hydrogen) atoms. The molecule has 7 nitrogen and oxygen atoms in total. The highest BCUT2D eigenvalue weighted by Gasteiger charge is 2.15. The lowest BCUT2D eigenvalue weighted by molar-refractivity contribution is -0.147. The third kappa shape index (κ3) is 5.85. The van der Waals surface area contributed by atoms with E-state index in [2.05, 4.69) is 10.0 Å². The van der Waals surface area contributed by atoms with Crippen LogP contribution in [0.3, 0.4) is 0 Å². The van der Waals surface area contributed by atoms with E-state index in [9.17, 15) is 22.4 Å². The Morgan fingerprint density at radius 1 is 0.933 bits per heavy atom. The number of fused-ring (bicyclic) bond motifs is 1. The molecule has 0 aliphatic rings. The first-order valence-corrected chi connectivity index (χ1v) is 10.5. The highest BCUT2D eigenvalue weighted by Crippen LogP contribution is 2.18. The van der Waals surface area contributed by atoms with Crippen molar-refractivity contribution >= 4 is 38.4 Å². The summed E-state index contributed by atoms with van der Waals surface area (Å²) in [7, 11) is -3.80. The predicted molar refractivity (Wildman–Crippen MR) is 110 cm³/mol. The molecule has 0 spiro atoms. The lowest BCUT2D eigenvalue weighted by Gasteiger charge is -2.09. The number of nitrogens with one attached hydrogen (secondary N) is 2. The summed E-state index contributed by atoms with van der Waals surface area (Å²) in [6.07, 6.45) is -0.250.